The summed E-state index contributed by atoms with van der Waals surface area (Å²) >= 11 is 0. The Bertz CT molecular complexity index is 1140. The number of hydrazone groups is 1. The molecule has 7 nitrogen and oxygen atoms in total. The fourth-order valence-electron chi connectivity index (χ4n) is 3.74. The molecule has 1 heterocycles. The zero-order chi connectivity index (χ0) is 23.5. The summed E-state index contributed by atoms with van der Waals surface area (Å²) in [5.41, 5.74) is 9.06. The van der Waals surface area contributed by atoms with Crippen LogP contribution < -0.4 is 11.6 Å². The number of nitrogens with zero attached hydrogens (tertiary/aromatic N) is 3. The van der Waals surface area contributed by atoms with E-state index < -0.39 is 5.60 Å². The lowest BCUT2D eigenvalue weighted by molar-refractivity contribution is 0.0713. The Labute approximate surface area is 188 Å². The van der Waals surface area contributed by atoms with Gasteiger partial charge in [-0.2, -0.15) is 5.10 Å². The van der Waals surface area contributed by atoms with Crippen molar-refractivity contribution in [3.63, 3.8) is 0 Å². The average Bonchev–Trinajstić information content (AvgIpc) is 3.13. The molecule has 0 aliphatic rings. The van der Waals surface area contributed by atoms with Crippen molar-refractivity contribution in [3.8, 4) is 11.1 Å². The summed E-state index contributed by atoms with van der Waals surface area (Å²) < 4.78 is 1.92. The molecule has 0 spiro atoms. The molecule has 1 aromatic heterocycles. The Morgan fingerprint density at radius 2 is 1.88 bits per heavy atom. The first-order chi connectivity index (χ1) is 15.2. The highest BCUT2D eigenvalue weighted by atomic mass is 16.3. The zero-order valence-electron chi connectivity index (χ0n) is 18.9. The molecular formula is C25H29N5O2. The first kappa shape index (κ1) is 23.0. The molecule has 3 aromatic rings. The normalized spacial score (nSPS) is 12.0. The molecule has 0 atom stereocenters. The van der Waals surface area contributed by atoms with Crippen molar-refractivity contribution in [2.45, 2.75) is 52.7 Å². The molecule has 0 amide bonds. The smallest absolute Gasteiger partial charge is 0.178 e. The minimum atomic E-state index is -1.21. The molecule has 166 valence electrons. The SMILES string of the molecule is CCCc1nc(C(C)(C)O)c(C(C)=O)n1Cc1ccc(-c2cc#ccc2/C(N)=N/N)cc1. The molecule has 3 rings (SSSR count). The molecule has 0 radical (unpaired) electrons. The van der Waals surface area contributed by atoms with Crippen LogP contribution in [0.2, 0.25) is 0 Å². The van der Waals surface area contributed by atoms with Gasteiger partial charge in [0.25, 0.3) is 0 Å². The lowest BCUT2D eigenvalue weighted by Gasteiger charge is -2.17. The van der Waals surface area contributed by atoms with Gasteiger partial charge in [-0.15, -0.1) is 0 Å². The van der Waals surface area contributed by atoms with E-state index in [1.165, 1.54) is 6.92 Å². The maximum Gasteiger partial charge on any atom is 0.178 e. The van der Waals surface area contributed by atoms with Gasteiger partial charge in [-0.25, -0.2) is 4.98 Å². The van der Waals surface area contributed by atoms with Crippen LogP contribution in [-0.2, 0) is 18.6 Å². The van der Waals surface area contributed by atoms with Crippen molar-refractivity contribution >= 4 is 11.6 Å². The second-order valence-corrected chi connectivity index (χ2v) is 8.29. The fourth-order valence-corrected chi connectivity index (χ4v) is 3.74. The molecule has 0 saturated carbocycles. The summed E-state index contributed by atoms with van der Waals surface area (Å²) in [5.74, 6) is 6.25. The number of aryl methyl sites for hydroxylation is 1. The van der Waals surface area contributed by atoms with Crippen LogP contribution in [0.3, 0.4) is 0 Å². The molecule has 0 fully saturated rings. The van der Waals surface area contributed by atoms with Crippen molar-refractivity contribution in [2.75, 3.05) is 0 Å². The Balaban J connectivity index is 2.01. The zero-order valence-corrected chi connectivity index (χ0v) is 18.9. The van der Waals surface area contributed by atoms with Gasteiger partial charge in [-0.05, 0) is 37.5 Å². The number of carbonyl (C=O) groups is 1. The van der Waals surface area contributed by atoms with E-state index in [9.17, 15) is 9.90 Å². The summed E-state index contributed by atoms with van der Waals surface area (Å²) in [5, 5.41) is 14.2. The second-order valence-electron chi connectivity index (χ2n) is 8.29. The number of rotatable bonds is 8. The van der Waals surface area contributed by atoms with Gasteiger partial charge in [-0.3, -0.25) is 4.79 Å². The Kier molecular flexibility index (Phi) is 6.66. The molecule has 0 saturated heterocycles. The van der Waals surface area contributed by atoms with Crippen LogP contribution >= 0.6 is 0 Å². The van der Waals surface area contributed by atoms with Gasteiger partial charge < -0.3 is 21.2 Å². The third kappa shape index (κ3) is 4.66. The predicted octanol–water partition coefficient (Wildman–Crippen LogP) is 3.16. The quantitative estimate of drug-likeness (QED) is 0.166. The van der Waals surface area contributed by atoms with Crippen LogP contribution in [0.15, 0.2) is 41.5 Å². The van der Waals surface area contributed by atoms with Gasteiger partial charge in [0.2, 0.25) is 0 Å². The van der Waals surface area contributed by atoms with Gasteiger partial charge in [0.05, 0.1) is 0 Å². The number of aliphatic hydroxyl groups is 1. The lowest BCUT2D eigenvalue weighted by Crippen LogP contribution is -2.21. The van der Waals surface area contributed by atoms with E-state index in [-0.39, 0.29) is 11.6 Å². The van der Waals surface area contributed by atoms with Gasteiger partial charge in [-0.1, -0.05) is 43.3 Å². The molecule has 0 unspecified atom stereocenters. The number of nitrogens with two attached hydrogens (primary N) is 2. The third-order valence-corrected chi connectivity index (χ3v) is 5.26. The number of Topliss-reactive ketones (excluding diaryl/α,β-unsaturated/α-hetero) is 1. The van der Waals surface area contributed by atoms with Crippen LogP contribution in [0, 0.1) is 12.1 Å². The second kappa shape index (κ2) is 9.25. The van der Waals surface area contributed by atoms with Crippen LogP contribution in [-0.4, -0.2) is 26.3 Å². The summed E-state index contributed by atoms with van der Waals surface area (Å²) in [6.07, 6.45) is 1.60. The average molecular weight is 432 g/mol. The summed E-state index contributed by atoms with van der Waals surface area (Å²) in [6, 6.07) is 17.3. The molecule has 0 aliphatic carbocycles. The maximum absolute atomic E-state index is 12.5. The number of imidazole rings is 1. The van der Waals surface area contributed by atoms with Crippen molar-refractivity contribution in [3.05, 3.63) is 76.9 Å². The number of aromatic nitrogens is 2. The van der Waals surface area contributed by atoms with Crippen LogP contribution in [0.4, 0.5) is 0 Å². The molecule has 5 N–H and O–H groups in total. The van der Waals surface area contributed by atoms with E-state index in [0.29, 0.717) is 29.9 Å². The van der Waals surface area contributed by atoms with Crippen molar-refractivity contribution < 1.29 is 9.90 Å². The summed E-state index contributed by atoms with van der Waals surface area (Å²) in [7, 11) is 0. The Morgan fingerprint density at radius 1 is 1.22 bits per heavy atom. The Morgan fingerprint density at radius 3 is 2.44 bits per heavy atom. The highest BCUT2D eigenvalue weighted by Crippen LogP contribution is 2.27. The monoisotopic (exact) mass is 431 g/mol. The summed E-state index contributed by atoms with van der Waals surface area (Å²) in [4.78, 5) is 17.1. The highest BCUT2D eigenvalue weighted by molar-refractivity contribution is 6.03. The molecular weight excluding hydrogens is 402 g/mol. The largest absolute Gasteiger partial charge is 0.384 e. The Hall–Kier alpha value is -3.63. The van der Waals surface area contributed by atoms with Gasteiger partial charge in [0, 0.05) is 37.1 Å². The number of hydrogen-bond donors (Lipinski definition) is 3. The van der Waals surface area contributed by atoms with Gasteiger partial charge >= 0.3 is 0 Å². The number of benzene rings is 1. The number of amidine groups is 1. The molecule has 2 aromatic carbocycles. The van der Waals surface area contributed by atoms with Crippen LogP contribution in [0.5, 0.6) is 0 Å². The van der Waals surface area contributed by atoms with Crippen molar-refractivity contribution in [1.82, 2.24) is 9.55 Å². The minimum absolute atomic E-state index is 0.120. The fraction of sp³-hybridized carbons (Fsp3) is 0.320. The van der Waals surface area contributed by atoms with Crippen molar-refractivity contribution in [2.24, 2.45) is 16.7 Å². The van der Waals surface area contributed by atoms with Gasteiger partial charge in [0.1, 0.15) is 22.8 Å². The van der Waals surface area contributed by atoms with Gasteiger partial charge in [0.15, 0.2) is 11.6 Å². The van der Waals surface area contributed by atoms with E-state index in [1.807, 2.05) is 28.8 Å². The topological polar surface area (TPSA) is 120 Å². The predicted molar refractivity (Wildman–Crippen MR) is 125 cm³/mol. The van der Waals surface area contributed by atoms with E-state index in [2.05, 4.69) is 29.1 Å². The highest BCUT2D eigenvalue weighted by Gasteiger charge is 2.29. The van der Waals surface area contributed by atoms with E-state index in [0.717, 1.165) is 28.9 Å². The van der Waals surface area contributed by atoms with Crippen molar-refractivity contribution in [1.29, 1.82) is 0 Å². The van der Waals surface area contributed by atoms with Crippen LogP contribution in [0.1, 0.15) is 67.2 Å². The first-order valence-electron chi connectivity index (χ1n) is 10.5. The van der Waals surface area contributed by atoms with E-state index in [4.69, 9.17) is 11.6 Å². The lowest BCUT2D eigenvalue weighted by atomic mass is 9.99. The molecule has 0 aliphatic heterocycles. The maximum atomic E-state index is 12.5. The minimum Gasteiger partial charge on any atom is -0.384 e. The number of carbonyl (C=O) groups excluding carboxylic acids is 1. The molecule has 7 heteroatoms. The molecule has 0 bridgehead atoms. The third-order valence-electron chi connectivity index (χ3n) is 5.26. The standard InChI is InChI=1S/C25H29N5O2/c1-5-8-21-28-23(25(3,4)32)22(16(2)31)30(21)15-17-11-13-18(14-12-17)19-9-6-7-10-20(19)24(26)29-27/h9-14,32H,5,8,15,27H2,1-4H3,(H2,26,29). The van der Waals surface area contributed by atoms with E-state index >= 15 is 0 Å². The summed E-state index contributed by atoms with van der Waals surface area (Å²) in [6.45, 7) is 7.35. The molecule has 32 heavy (non-hydrogen) atoms. The van der Waals surface area contributed by atoms with E-state index in [1.54, 1.807) is 26.0 Å². The number of hydrogen-bond acceptors (Lipinski definition) is 5. The van der Waals surface area contributed by atoms with Crippen LogP contribution in [0.25, 0.3) is 11.1 Å². The number of ketones is 1. The first-order valence-corrected chi connectivity index (χ1v) is 10.5.